The zero-order valence-corrected chi connectivity index (χ0v) is 11.3. The summed E-state index contributed by atoms with van der Waals surface area (Å²) in [6.07, 6.45) is 0.295. The number of hydrogen-bond acceptors (Lipinski definition) is 5. The summed E-state index contributed by atoms with van der Waals surface area (Å²) in [5.41, 5.74) is 1.10. The van der Waals surface area contributed by atoms with Crippen LogP contribution in [0.15, 0.2) is 18.2 Å². The second-order valence-electron chi connectivity index (χ2n) is 4.40. The molecule has 106 valence electrons. The minimum atomic E-state index is -0.241. The summed E-state index contributed by atoms with van der Waals surface area (Å²) in [5, 5.41) is 14.1. The predicted molar refractivity (Wildman–Crippen MR) is 72.5 cm³/mol. The molecule has 0 saturated carbocycles. The number of carbonyl (C=O) groups is 1. The number of fused-ring (bicyclic) bond motifs is 1. The molecule has 2 N–H and O–H groups in total. The van der Waals surface area contributed by atoms with Gasteiger partial charge in [0.25, 0.3) is 5.91 Å². The number of carbonyl (C=O) groups excluding carboxylic acids is 1. The zero-order valence-electron chi connectivity index (χ0n) is 11.3. The van der Waals surface area contributed by atoms with Crippen LogP contribution in [0, 0.1) is 11.3 Å². The monoisotopic (exact) mass is 275 g/mol. The van der Waals surface area contributed by atoms with Crippen LogP contribution in [0.25, 0.3) is 0 Å². The van der Waals surface area contributed by atoms with Gasteiger partial charge in [-0.05, 0) is 19.2 Å². The third-order valence-corrected chi connectivity index (χ3v) is 3.04. The second kappa shape index (κ2) is 6.78. The molecule has 1 aliphatic heterocycles. The molecule has 0 radical (unpaired) electrons. The Morgan fingerprint density at radius 1 is 1.60 bits per heavy atom. The first-order valence-corrected chi connectivity index (χ1v) is 6.45. The minimum absolute atomic E-state index is 0.0698. The van der Waals surface area contributed by atoms with E-state index >= 15 is 0 Å². The number of nitrogens with one attached hydrogen (secondary N) is 2. The molecule has 6 heteroatoms. The lowest BCUT2D eigenvalue weighted by Crippen LogP contribution is -2.29. The molecule has 1 amide bonds. The Bertz CT molecular complexity index is 525. The molecular weight excluding hydrogens is 258 g/mol. The summed E-state index contributed by atoms with van der Waals surface area (Å²) in [7, 11) is 1.89. The van der Waals surface area contributed by atoms with Gasteiger partial charge in [0.2, 0.25) is 0 Å². The van der Waals surface area contributed by atoms with Crippen molar-refractivity contribution in [1.29, 1.82) is 5.26 Å². The molecular formula is C14H17N3O3. The first-order valence-electron chi connectivity index (χ1n) is 6.45. The molecule has 1 unspecified atom stereocenters. The SMILES string of the molecule is CNC1COc2cc(OCC(=O)NCCC#N)ccc21. The van der Waals surface area contributed by atoms with Crippen LogP contribution in [0.1, 0.15) is 18.0 Å². The highest BCUT2D eigenvalue weighted by molar-refractivity contribution is 5.77. The van der Waals surface area contributed by atoms with Gasteiger partial charge in [0.1, 0.15) is 18.1 Å². The largest absolute Gasteiger partial charge is 0.491 e. The number of rotatable bonds is 6. The fourth-order valence-corrected chi connectivity index (χ4v) is 1.98. The van der Waals surface area contributed by atoms with E-state index in [-0.39, 0.29) is 18.6 Å². The van der Waals surface area contributed by atoms with Crippen LogP contribution in [0.4, 0.5) is 0 Å². The van der Waals surface area contributed by atoms with Crippen LogP contribution >= 0.6 is 0 Å². The Labute approximate surface area is 117 Å². The molecule has 2 rings (SSSR count). The van der Waals surface area contributed by atoms with E-state index in [1.54, 1.807) is 6.07 Å². The van der Waals surface area contributed by atoms with E-state index in [0.717, 1.165) is 11.3 Å². The summed E-state index contributed by atoms with van der Waals surface area (Å²) in [6, 6.07) is 7.70. The average Bonchev–Trinajstić information content (AvgIpc) is 2.87. The van der Waals surface area contributed by atoms with Gasteiger partial charge in [0.05, 0.1) is 18.5 Å². The number of benzene rings is 1. The van der Waals surface area contributed by atoms with E-state index < -0.39 is 0 Å². The van der Waals surface area contributed by atoms with Crippen LogP contribution in [-0.4, -0.2) is 32.7 Å². The number of ether oxygens (including phenoxy) is 2. The Morgan fingerprint density at radius 2 is 2.45 bits per heavy atom. The topological polar surface area (TPSA) is 83.4 Å². The highest BCUT2D eigenvalue weighted by Gasteiger charge is 2.22. The maximum Gasteiger partial charge on any atom is 0.257 e. The van der Waals surface area contributed by atoms with Gasteiger partial charge in [-0.25, -0.2) is 0 Å². The molecule has 1 atom stereocenters. The summed E-state index contributed by atoms with van der Waals surface area (Å²) in [6.45, 7) is 0.874. The van der Waals surface area contributed by atoms with Gasteiger partial charge in [0.15, 0.2) is 6.61 Å². The van der Waals surface area contributed by atoms with Crippen LogP contribution in [0.5, 0.6) is 11.5 Å². The Kier molecular flexibility index (Phi) is 4.80. The van der Waals surface area contributed by atoms with Crippen molar-refractivity contribution in [3.05, 3.63) is 23.8 Å². The van der Waals surface area contributed by atoms with E-state index in [1.165, 1.54) is 0 Å². The van der Waals surface area contributed by atoms with Crippen molar-refractivity contribution in [2.45, 2.75) is 12.5 Å². The van der Waals surface area contributed by atoms with E-state index in [0.29, 0.717) is 25.3 Å². The number of nitrogens with zero attached hydrogens (tertiary/aromatic N) is 1. The molecule has 0 aliphatic carbocycles. The molecule has 6 nitrogen and oxygen atoms in total. The standard InChI is InChI=1S/C14H17N3O3/c1-16-12-8-20-13-7-10(3-4-11(12)13)19-9-14(18)17-6-2-5-15/h3-4,7,12,16H,2,6,8-9H2,1H3,(H,17,18). The molecule has 20 heavy (non-hydrogen) atoms. The lowest BCUT2D eigenvalue weighted by atomic mass is 10.1. The molecule has 1 aromatic carbocycles. The number of nitriles is 1. The van der Waals surface area contributed by atoms with Crippen molar-refractivity contribution in [3.8, 4) is 17.6 Å². The van der Waals surface area contributed by atoms with E-state index in [2.05, 4.69) is 10.6 Å². The van der Waals surface area contributed by atoms with Gasteiger partial charge in [-0.15, -0.1) is 0 Å². The average molecular weight is 275 g/mol. The molecule has 0 spiro atoms. The fraction of sp³-hybridized carbons (Fsp3) is 0.429. The van der Waals surface area contributed by atoms with Gasteiger partial charge in [-0.2, -0.15) is 5.26 Å². The minimum Gasteiger partial charge on any atom is -0.491 e. The highest BCUT2D eigenvalue weighted by Crippen LogP contribution is 2.34. The van der Waals surface area contributed by atoms with E-state index in [1.807, 2.05) is 25.2 Å². The van der Waals surface area contributed by atoms with Crippen molar-refractivity contribution >= 4 is 5.91 Å². The lowest BCUT2D eigenvalue weighted by molar-refractivity contribution is -0.123. The fourth-order valence-electron chi connectivity index (χ4n) is 1.98. The number of amides is 1. The molecule has 1 heterocycles. The van der Waals surface area contributed by atoms with Crippen molar-refractivity contribution < 1.29 is 14.3 Å². The Balaban J connectivity index is 1.86. The van der Waals surface area contributed by atoms with Gasteiger partial charge >= 0.3 is 0 Å². The Morgan fingerprint density at radius 3 is 3.20 bits per heavy atom. The molecule has 0 fully saturated rings. The van der Waals surface area contributed by atoms with Crippen LogP contribution in [0.2, 0.25) is 0 Å². The first kappa shape index (κ1) is 14.2. The van der Waals surface area contributed by atoms with Crippen molar-refractivity contribution in [3.63, 3.8) is 0 Å². The summed E-state index contributed by atoms with van der Waals surface area (Å²) >= 11 is 0. The smallest absolute Gasteiger partial charge is 0.257 e. The van der Waals surface area contributed by atoms with Crippen LogP contribution in [0.3, 0.4) is 0 Å². The third-order valence-electron chi connectivity index (χ3n) is 3.04. The quantitative estimate of drug-likeness (QED) is 0.748. The molecule has 1 aliphatic rings. The Hall–Kier alpha value is -2.26. The van der Waals surface area contributed by atoms with Crippen LogP contribution in [-0.2, 0) is 4.79 Å². The third kappa shape index (κ3) is 3.39. The molecule has 1 aromatic rings. The lowest BCUT2D eigenvalue weighted by Gasteiger charge is -2.09. The first-order chi connectivity index (χ1) is 9.74. The molecule has 0 aromatic heterocycles. The molecule has 0 bridgehead atoms. The van der Waals surface area contributed by atoms with Gasteiger partial charge in [0, 0.05) is 18.2 Å². The zero-order chi connectivity index (χ0) is 14.4. The van der Waals surface area contributed by atoms with Gasteiger partial charge in [-0.3, -0.25) is 4.79 Å². The normalized spacial score (nSPS) is 15.9. The molecule has 0 saturated heterocycles. The number of hydrogen-bond donors (Lipinski definition) is 2. The summed E-state index contributed by atoms with van der Waals surface area (Å²) < 4.78 is 10.9. The summed E-state index contributed by atoms with van der Waals surface area (Å²) in [5.74, 6) is 1.14. The van der Waals surface area contributed by atoms with Gasteiger partial charge < -0.3 is 20.1 Å². The van der Waals surface area contributed by atoms with Crippen molar-refractivity contribution in [2.24, 2.45) is 0 Å². The van der Waals surface area contributed by atoms with E-state index in [9.17, 15) is 4.79 Å². The predicted octanol–water partition coefficient (Wildman–Crippen LogP) is 0.748. The van der Waals surface area contributed by atoms with Crippen molar-refractivity contribution in [1.82, 2.24) is 10.6 Å². The highest BCUT2D eigenvalue weighted by atomic mass is 16.5. The van der Waals surface area contributed by atoms with E-state index in [4.69, 9.17) is 14.7 Å². The van der Waals surface area contributed by atoms with Crippen molar-refractivity contribution in [2.75, 3.05) is 26.8 Å². The second-order valence-corrected chi connectivity index (χ2v) is 4.40. The van der Waals surface area contributed by atoms with Crippen LogP contribution < -0.4 is 20.1 Å². The number of likely N-dealkylation sites (N-methyl/N-ethyl adjacent to an activating group) is 1. The van der Waals surface area contributed by atoms with Gasteiger partial charge in [-0.1, -0.05) is 0 Å². The maximum atomic E-state index is 11.4. The summed E-state index contributed by atoms with van der Waals surface area (Å²) in [4.78, 5) is 11.4. The maximum absolute atomic E-state index is 11.4.